The van der Waals surface area contributed by atoms with Gasteiger partial charge in [-0.3, -0.25) is 14.3 Å². The van der Waals surface area contributed by atoms with Crippen LogP contribution in [0.5, 0.6) is 0 Å². The largest absolute Gasteiger partial charge is 0.295 e. The lowest BCUT2D eigenvalue weighted by atomic mass is 10.0. The molecule has 0 aliphatic carbocycles. The Morgan fingerprint density at radius 2 is 1.92 bits per heavy atom. The third kappa shape index (κ3) is 3.68. The Morgan fingerprint density at radius 3 is 2.56 bits per heavy atom. The molecular formula is C20H28BrN3O. The molecule has 1 aromatic heterocycles. The molecule has 4 nitrogen and oxygen atoms in total. The third-order valence-electron chi connectivity index (χ3n) is 5.25. The van der Waals surface area contributed by atoms with Crippen molar-refractivity contribution < 1.29 is 0 Å². The van der Waals surface area contributed by atoms with Crippen molar-refractivity contribution in [3.05, 3.63) is 38.3 Å². The Balaban J connectivity index is 2.20. The van der Waals surface area contributed by atoms with Gasteiger partial charge in [-0.1, -0.05) is 35.7 Å². The predicted octanol–water partition coefficient (Wildman–Crippen LogP) is 4.81. The van der Waals surface area contributed by atoms with E-state index in [0.29, 0.717) is 11.9 Å². The maximum atomic E-state index is 13.2. The molecule has 2 aromatic rings. The quantitative estimate of drug-likeness (QED) is 0.715. The molecule has 0 N–H and O–H groups in total. The summed E-state index contributed by atoms with van der Waals surface area (Å²) in [5.41, 5.74) is 2.00. The van der Waals surface area contributed by atoms with Gasteiger partial charge in [-0.05, 0) is 63.9 Å². The van der Waals surface area contributed by atoms with E-state index < -0.39 is 0 Å². The number of hydrogen-bond donors (Lipinski definition) is 0. The second-order valence-corrected chi connectivity index (χ2v) is 7.96. The highest BCUT2D eigenvalue weighted by Crippen LogP contribution is 2.29. The van der Waals surface area contributed by atoms with E-state index in [4.69, 9.17) is 4.98 Å². The maximum absolute atomic E-state index is 13.2. The summed E-state index contributed by atoms with van der Waals surface area (Å²) in [7, 11) is 0. The molecule has 2 heterocycles. The Morgan fingerprint density at radius 1 is 1.20 bits per heavy atom. The SMILES string of the molecule is CCCC(c1nc2c(C)cc(Br)cc2c(=O)n1CC)N1CCCCC1. The standard InChI is InChI=1S/C20H28BrN3O/c1-4-9-17(23-10-7-6-8-11-23)19-22-18-14(3)12-15(21)13-16(18)20(25)24(19)5-2/h12-13,17H,4-11H2,1-3H3. The number of piperidine rings is 1. The summed E-state index contributed by atoms with van der Waals surface area (Å²) < 4.78 is 2.83. The van der Waals surface area contributed by atoms with Crippen molar-refractivity contribution in [1.82, 2.24) is 14.5 Å². The number of fused-ring (bicyclic) bond motifs is 1. The fourth-order valence-electron chi connectivity index (χ4n) is 4.01. The Kier molecular flexibility index (Phi) is 5.95. The molecule has 1 fully saturated rings. The van der Waals surface area contributed by atoms with Crippen LogP contribution in [0.1, 0.15) is 63.4 Å². The maximum Gasteiger partial charge on any atom is 0.261 e. The van der Waals surface area contributed by atoms with E-state index in [2.05, 4.69) is 27.8 Å². The molecular weight excluding hydrogens is 378 g/mol. The normalized spacial score (nSPS) is 17.1. The fraction of sp³-hybridized carbons (Fsp3) is 0.600. The summed E-state index contributed by atoms with van der Waals surface area (Å²) in [5, 5.41) is 0.714. The van der Waals surface area contributed by atoms with Crippen molar-refractivity contribution in [3.8, 4) is 0 Å². The average Bonchev–Trinajstić information content (AvgIpc) is 2.61. The van der Waals surface area contributed by atoms with Gasteiger partial charge in [0, 0.05) is 11.0 Å². The molecule has 1 aliphatic rings. The summed E-state index contributed by atoms with van der Waals surface area (Å²) in [6.45, 7) is 9.19. The second-order valence-electron chi connectivity index (χ2n) is 7.04. The summed E-state index contributed by atoms with van der Waals surface area (Å²) in [5.74, 6) is 0.953. The van der Waals surface area contributed by atoms with E-state index in [1.54, 1.807) is 0 Å². The molecule has 0 spiro atoms. The van der Waals surface area contributed by atoms with E-state index in [1.807, 2.05) is 30.5 Å². The molecule has 0 saturated carbocycles. The van der Waals surface area contributed by atoms with Crippen molar-refractivity contribution in [2.24, 2.45) is 0 Å². The third-order valence-corrected chi connectivity index (χ3v) is 5.71. The summed E-state index contributed by atoms with van der Waals surface area (Å²) in [4.78, 5) is 20.7. The van der Waals surface area contributed by atoms with Crippen molar-refractivity contribution in [2.75, 3.05) is 13.1 Å². The van der Waals surface area contributed by atoms with Gasteiger partial charge in [-0.25, -0.2) is 4.98 Å². The first kappa shape index (κ1) is 18.6. The zero-order chi connectivity index (χ0) is 18.0. The van der Waals surface area contributed by atoms with Crippen LogP contribution in [0.2, 0.25) is 0 Å². The minimum absolute atomic E-state index is 0.0880. The van der Waals surface area contributed by atoms with Gasteiger partial charge in [0.1, 0.15) is 5.82 Å². The lowest BCUT2D eigenvalue weighted by Crippen LogP contribution is -2.38. The van der Waals surface area contributed by atoms with Crippen LogP contribution in [0.3, 0.4) is 0 Å². The van der Waals surface area contributed by atoms with Crippen molar-refractivity contribution in [1.29, 1.82) is 0 Å². The van der Waals surface area contributed by atoms with Crippen LogP contribution in [0.15, 0.2) is 21.4 Å². The number of nitrogens with zero attached hydrogens (tertiary/aromatic N) is 3. The molecule has 0 radical (unpaired) electrons. The molecule has 1 aromatic carbocycles. The molecule has 1 saturated heterocycles. The summed E-state index contributed by atoms with van der Waals surface area (Å²) >= 11 is 3.51. The van der Waals surface area contributed by atoms with Crippen LogP contribution in [0.4, 0.5) is 0 Å². The van der Waals surface area contributed by atoms with Gasteiger partial charge in [0.05, 0.1) is 16.9 Å². The van der Waals surface area contributed by atoms with Gasteiger partial charge in [0.25, 0.3) is 5.56 Å². The summed E-state index contributed by atoms with van der Waals surface area (Å²) in [6.07, 6.45) is 5.95. The predicted molar refractivity (Wildman–Crippen MR) is 107 cm³/mol. The zero-order valence-corrected chi connectivity index (χ0v) is 17.1. The van der Waals surface area contributed by atoms with Gasteiger partial charge < -0.3 is 0 Å². The van der Waals surface area contributed by atoms with Crippen LogP contribution < -0.4 is 5.56 Å². The first-order valence-electron chi connectivity index (χ1n) is 9.51. The average molecular weight is 406 g/mol. The lowest BCUT2D eigenvalue weighted by Gasteiger charge is -2.35. The molecule has 1 unspecified atom stereocenters. The molecule has 5 heteroatoms. The van der Waals surface area contributed by atoms with Gasteiger partial charge in [0.15, 0.2) is 0 Å². The highest BCUT2D eigenvalue weighted by molar-refractivity contribution is 9.10. The minimum atomic E-state index is 0.0880. The number of benzene rings is 1. The van der Waals surface area contributed by atoms with E-state index in [1.165, 1.54) is 19.3 Å². The highest BCUT2D eigenvalue weighted by atomic mass is 79.9. The van der Waals surface area contributed by atoms with Crippen LogP contribution in [0, 0.1) is 6.92 Å². The van der Waals surface area contributed by atoms with Crippen molar-refractivity contribution >= 4 is 26.8 Å². The summed E-state index contributed by atoms with van der Waals surface area (Å²) in [6, 6.07) is 4.19. The van der Waals surface area contributed by atoms with E-state index in [0.717, 1.165) is 47.3 Å². The zero-order valence-electron chi connectivity index (χ0n) is 15.5. The Bertz CT molecular complexity index is 809. The molecule has 136 valence electrons. The molecule has 1 aliphatic heterocycles. The van der Waals surface area contributed by atoms with E-state index >= 15 is 0 Å². The monoisotopic (exact) mass is 405 g/mol. The first-order valence-corrected chi connectivity index (χ1v) is 10.3. The fourth-order valence-corrected chi connectivity index (χ4v) is 4.58. The van der Waals surface area contributed by atoms with Crippen molar-refractivity contribution in [2.45, 2.75) is 65.5 Å². The van der Waals surface area contributed by atoms with Gasteiger partial charge in [-0.2, -0.15) is 0 Å². The first-order chi connectivity index (χ1) is 12.1. The molecule has 0 amide bonds. The number of rotatable bonds is 5. The molecule has 25 heavy (non-hydrogen) atoms. The number of likely N-dealkylation sites (tertiary alicyclic amines) is 1. The Labute approximate surface area is 158 Å². The highest BCUT2D eigenvalue weighted by Gasteiger charge is 2.26. The second kappa shape index (κ2) is 8.00. The number of aryl methyl sites for hydroxylation is 1. The number of aromatic nitrogens is 2. The molecule has 1 atom stereocenters. The topological polar surface area (TPSA) is 38.1 Å². The number of hydrogen-bond acceptors (Lipinski definition) is 3. The van der Waals surface area contributed by atoms with Crippen LogP contribution in [-0.2, 0) is 6.54 Å². The van der Waals surface area contributed by atoms with Gasteiger partial charge in [-0.15, -0.1) is 0 Å². The van der Waals surface area contributed by atoms with Crippen LogP contribution >= 0.6 is 15.9 Å². The van der Waals surface area contributed by atoms with Gasteiger partial charge in [0.2, 0.25) is 0 Å². The Hall–Kier alpha value is -1.20. The van der Waals surface area contributed by atoms with Crippen LogP contribution in [-0.4, -0.2) is 27.5 Å². The van der Waals surface area contributed by atoms with Crippen LogP contribution in [0.25, 0.3) is 10.9 Å². The minimum Gasteiger partial charge on any atom is -0.295 e. The van der Waals surface area contributed by atoms with E-state index in [9.17, 15) is 4.79 Å². The molecule has 3 rings (SSSR count). The number of halogens is 1. The smallest absolute Gasteiger partial charge is 0.261 e. The molecule has 0 bridgehead atoms. The van der Waals surface area contributed by atoms with Gasteiger partial charge >= 0.3 is 0 Å². The van der Waals surface area contributed by atoms with Crippen molar-refractivity contribution in [3.63, 3.8) is 0 Å². The van der Waals surface area contributed by atoms with E-state index in [-0.39, 0.29) is 11.6 Å². The lowest BCUT2D eigenvalue weighted by molar-refractivity contribution is 0.144.